The molecule has 0 unspecified atom stereocenters. The van der Waals surface area contributed by atoms with E-state index in [4.69, 9.17) is 9.47 Å². The topological polar surface area (TPSA) is 89.7 Å². The van der Waals surface area contributed by atoms with Crippen molar-refractivity contribution in [1.82, 2.24) is 20.4 Å². The quantitative estimate of drug-likeness (QED) is 0.868. The fourth-order valence-electron chi connectivity index (χ4n) is 1.85. The number of rotatable bonds is 6. The van der Waals surface area contributed by atoms with Crippen molar-refractivity contribution < 1.29 is 18.8 Å². The number of ether oxygens (including phenoxy) is 2. The van der Waals surface area contributed by atoms with Gasteiger partial charge < -0.3 is 24.2 Å². The van der Waals surface area contributed by atoms with Crippen molar-refractivity contribution in [1.29, 1.82) is 0 Å². The molecule has 1 aromatic carbocycles. The van der Waals surface area contributed by atoms with E-state index in [0.29, 0.717) is 23.9 Å². The maximum absolute atomic E-state index is 12.0. The molecule has 0 aliphatic heterocycles. The summed E-state index contributed by atoms with van der Waals surface area (Å²) in [5.41, 5.74) is 0.851. The molecule has 0 fully saturated rings. The first-order valence-corrected chi connectivity index (χ1v) is 6.59. The fraction of sp³-hybridized carbons (Fsp3) is 0.357. The summed E-state index contributed by atoms with van der Waals surface area (Å²) in [5, 5.41) is 6.47. The summed E-state index contributed by atoms with van der Waals surface area (Å²) < 4.78 is 15.1. The molecule has 0 spiro atoms. The van der Waals surface area contributed by atoms with Gasteiger partial charge in [0.15, 0.2) is 5.82 Å². The Balaban J connectivity index is 1.93. The Morgan fingerprint density at radius 1 is 1.36 bits per heavy atom. The zero-order valence-electron chi connectivity index (χ0n) is 12.7. The third kappa shape index (κ3) is 3.87. The minimum atomic E-state index is -0.248. The van der Waals surface area contributed by atoms with Crippen LogP contribution in [-0.4, -0.2) is 42.3 Å². The van der Waals surface area contributed by atoms with Gasteiger partial charge in [-0.2, -0.15) is 4.98 Å². The monoisotopic (exact) mass is 306 g/mol. The standard InChI is InChI=1S/C14H18N4O4/c1-18(8-13-16-9-22-17-13)14(19)15-7-10-4-5-11(20-2)6-12(10)21-3/h4-6,9H,7-8H2,1-3H3,(H,15,19). The van der Waals surface area contributed by atoms with Crippen LogP contribution in [0.4, 0.5) is 4.79 Å². The summed E-state index contributed by atoms with van der Waals surface area (Å²) in [6.07, 6.45) is 1.23. The second-order valence-electron chi connectivity index (χ2n) is 4.54. The number of hydrogen-bond acceptors (Lipinski definition) is 6. The number of carbonyl (C=O) groups excluding carboxylic acids is 1. The van der Waals surface area contributed by atoms with Gasteiger partial charge in [-0.1, -0.05) is 5.16 Å². The molecule has 0 bridgehead atoms. The van der Waals surface area contributed by atoms with E-state index in [1.54, 1.807) is 27.3 Å². The predicted molar refractivity (Wildman–Crippen MR) is 77.5 cm³/mol. The number of benzene rings is 1. The Hall–Kier alpha value is -2.77. The Morgan fingerprint density at radius 2 is 2.18 bits per heavy atom. The van der Waals surface area contributed by atoms with Crippen molar-refractivity contribution in [2.75, 3.05) is 21.3 Å². The molecule has 1 N–H and O–H groups in total. The largest absolute Gasteiger partial charge is 0.497 e. The highest BCUT2D eigenvalue weighted by Gasteiger charge is 2.12. The van der Waals surface area contributed by atoms with Crippen molar-refractivity contribution >= 4 is 6.03 Å². The van der Waals surface area contributed by atoms with Crippen LogP contribution < -0.4 is 14.8 Å². The van der Waals surface area contributed by atoms with Crippen molar-refractivity contribution in [3.63, 3.8) is 0 Å². The van der Waals surface area contributed by atoms with Crippen LogP contribution in [0, 0.1) is 0 Å². The average molecular weight is 306 g/mol. The van der Waals surface area contributed by atoms with Gasteiger partial charge in [0.05, 0.1) is 20.8 Å². The van der Waals surface area contributed by atoms with Crippen molar-refractivity contribution in [3.05, 3.63) is 36.0 Å². The zero-order valence-corrected chi connectivity index (χ0v) is 12.7. The molecule has 0 saturated carbocycles. The molecular formula is C14H18N4O4. The van der Waals surface area contributed by atoms with Gasteiger partial charge in [0.1, 0.15) is 11.5 Å². The summed E-state index contributed by atoms with van der Waals surface area (Å²) in [5.74, 6) is 1.79. The van der Waals surface area contributed by atoms with E-state index in [-0.39, 0.29) is 12.6 Å². The van der Waals surface area contributed by atoms with E-state index in [2.05, 4.69) is 20.0 Å². The molecule has 1 aromatic heterocycles. The van der Waals surface area contributed by atoms with Crippen molar-refractivity contribution in [2.45, 2.75) is 13.1 Å². The molecule has 8 heteroatoms. The van der Waals surface area contributed by atoms with Crippen molar-refractivity contribution in [3.8, 4) is 11.5 Å². The number of aromatic nitrogens is 2. The molecule has 0 saturated heterocycles. The van der Waals surface area contributed by atoms with E-state index in [0.717, 1.165) is 5.56 Å². The van der Waals surface area contributed by atoms with E-state index >= 15 is 0 Å². The summed E-state index contributed by atoms with van der Waals surface area (Å²) in [6, 6.07) is 5.18. The van der Waals surface area contributed by atoms with Crippen LogP contribution in [0.15, 0.2) is 29.1 Å². The second kappa shape index (κ2) is 7.30. The number of urea groups is 1. The lowest BCUT2D eigenvalue weighted by Gasteiger charge is -2.17. The number of carbonyl (C=O) groups is 1. The molecular weight excluding hydrogens is 288 g/mol. The maximum Gasteiger partial charge on any atom is 0.317 e. The zero-order chi connectivity index (χ0) is 15.9. The second-order valence-corrected chi connectivity index (χ2v) is 4.54. The van der Waals surface area contributed by atoms with E-state index < -0.39 is 0 Å². The number of amides is 2. The van der Waals surface area contributed by atoms with Gasteiger partial charge in [-0.15, -0.1) is 0 Å². The number of hydrogen-bond donors (Lipinski definition) is 1. The van der Waals surface area contributed by atoms with Gasteiger partial charge >= 0.3 is 6.03 Å². The summed E-state index contributed by atoms with van der Waals surface area (Å²) >= 11 is 0. The van der Waals surface area contributed by atoms with Crippen LogP contribution in [0.2, 0.25) is 0 Å². The van der Waals surface area contributed by atoms with Gasteiger partial charge in [-0.3, -0.25) is 0 Å². The number of nitrogens with zero attached hydrogens (tertiary/aromatic N) is 3. The molecule has 118 valence electrons. The van der Waals surface area contributed by atoms with Crippen LogP contribution in [0.1, 0.15) is 11.4 Å². The van der Waals surface area contributed by atoms with Gasteiger partial charge in [0.25, 0.3) is 0 Å². The lowest BCUT2D eigenvalue weighted by molar-refractivity contribution is 0.204. The SMILES string of the molecule is COc1ccc(CNC(=O)N(C)Cc2ncon2)c(OC)c1. The summed E-state index contributed by atoms with van der Waals surface area (Å²) in [7, 11) is 4.81. The van der Waals surface area contributed by atoms with Crippen molar-refractivity contribution in [2.24, 2.45) is 0 Å². The Morgan fingerprint density at radius 3 is 2.82 bits per heavy atom. The molecule has 22 heavy (non-hydrogen) atoms. The molecule has 2 aromatic rings. The van der Waals surface area contributed by atoms with E-state index in [1.807, 2.05) is 12.1 Å². The highest BCUT2D eigenvalue weighted by Crippen LogP contribution is 2.24. The Kier molecular flexibility index (Phi) is 5.18. The van der Waals surface area contributed by atoms with E-state index in [1.165, 1.54) is 11.3 Å². The molecule has 0 aliphatic rings. The first kappa shape index (κ1) is 15.6. The average Bonchev–Trinajstić information content (AvgIpc) is 3.05. The highest BCUT2D eigenvalue weighted by atomic mass is 16.5. The molecule has 8 nitrogen and oxygen atoms in total. The molecule has 1 heterocycles. The summed E-state index contributed by atoms with van der Waals surface area (Å²) in [6.45, 7) is 0.602. The third-order valence-electron chi connectivity index (χ3n) is 3.06. The van der Waals surface area contributed by atoms with Crippen LogP contribution in [0.5, 0.6) is 11.5 Å². The highest BCUT2D eigenvalue weighted by molar-refractivity contribution is 5.73. The van der Waals surface area contributed by atoms with Crippen LogP contribution in [0.25, 0.3) is 0 Å². The van der Waals surface area contributed by atoms with Gasteiger partial charge in [-0.05, 0) is 12.1 Å². The van der Waals surface area contributed by atoms with Crippen LogP contribution in [-0.2, 0) is 13.1 Å². The van der Waals surface area contributed by atoms with Gasteiger partial charge in [0, 0.05) is 25.2 Å². The van der Waals surface area contributed by atoms with Crippen LogP contribution in [0.3, 0.4) is 0 Å². The maximum atomic E-state index is 12.0. The van der Waals surface area contributed by atoms with Crippen LogP contribution >= 0.6 is 0 Å². The minimum absolute atomic E-state index is 0.248. The smallest absolute Gasteiger partial charge is 0.317 e. The predicted octanol–water partition coefficient (Wildman–Crippen LogP) is 1.43. The number of methoxy groups -OCH3 is 2. The third-order valence-corrected chi connectivity index (χ3v) is 3.06. The molecule has 0 atom stereocenters. The summed E-state index contributed by atoms with van der Waals surface area (Å²) in [4.78, 5) is 17.4. The number of nitrogens with one attached hydrogen (secondary N) is 1. The minimum Gasteiger partial charge on any atom is -0.497 e. The first-order chi connectivity index (χ1) is 10.6. The Labute approximate surface area is 128 Å². The molecule has 0 radical (unpaired) electrons. The lowest BCUT2D eigenvalue weighted by atomic mass is 10.2. The fourth-order valence-corrected chi connectivity index (χ4v) is 1.85. The Bertz CT molecular complexity index is 615. The first-order valence-electron chi connectivity index (χ1n) is 6.59. The van der Waals surface area contributed by atoms with Gasteiger partial charge in [0.2, 0.25) is 6.39 Å². The molecule has 0 aliphatic carbocycles. The normalized spacial score (nSPS) is 10.1. The van der Waals surface area contributed by atoms with Gasteiger partial charge in [-0.25, -0.2) is 4.79 Å². The van der Waals surface area contributed by atoms with E-state index in [9.17, 15) is 4.79 Å². The lowest BCUT2D eigenvalue weighted by Crippen LogP contribution is -2.36. The molecule has 2 rings (SSSR count). The molecule has 2 amide bonds.